The summed E-state index contributed by atoms with van der Waals surface area (Å²) in [6.07, 6.45) is -0.634. The largest absolute Gasteiger partial charge is 0.465 e. The summed E-state index contributed by atoms with van der Waals surface area (Å²) in [6, 6.07) is -0.134. The highest BCUT2D eigenvalue weighted by Gasteiger charge is 2.30. The predicted octanol–water partition coefficient (Wildman–Crippen LogP) is 0.328. The van der Waals surface area contributed by atoms with E-state index >= 15 is 0 Å². The maximum Gasteiger partial charge on any atom is 0.407 e. The molecule has 1 fully saturated rings. The zero-order valence-electron chi connectivity index (χ0n) is 5.70. The fraction of sp³-hybridized carbons (Fsp3) is 0.667. The van der Waals surface area contributed by atoms with Crippen LogP contribution in [0, 0.1) is 0 Å². The lowest BCUT2D eigenvalue weighted by molar-refractivity contribution is -0.116. The number of likely N-dealkylation sites (tertiary alicyclic amines) is 1. The van der Waals surface area contributed by atoms with E-state index in [0.29, 0.717) is 6.42 Å². The van der Waals surface area contributed by atoms with Gasteiger partial charge >= 0.3 is 6.09 Å². The fourth-order valence-electron chi connectivity index (χ4n) is 1.11. The van der Waals surface area contributed by atoms with Crippen LogP contribution in [-0.4, -0.2) is 34.5 Å². The fourth-order valence-corrected chi connectivity index (χ4v) is 1.11. The molecule has 0 aliphatic carbocycles. The second kappa shape index (κ2) is 2.28. The van der Waals surface area contributed by atoms with Gasteiger partial charge in [-0.05, 0) is 6.92 Å². The molecule has 56 valence electrons. The molecule has 1 unspecified atom stereocenters. The third-order valence-corrected chi connectivity index (χ3v) is 1.65. The molecule has 4 nitrogen and oxygen atoms in total. The molecule has 0 aromatic carbocycles. The van der Waals surface area contributed by atoms with Crippen LogP contribution in [0.2, 0.25) is 0 Å². The first-order valence-electron chi connectivity index (χ1n) is 3.12. The lowest BCUT2D eigenvalue weighted by Crippen LogP contribution is -2.32. The number of carbonyl (C=O) groups is 2. The van der Waals surface area contributed by atoms with Crippen molar-refractivity contribution in [3.05, 3.63) is 0 Å². The van der Waals surface area contributed by atoms with Crippen LogP contribution in [0.3, 0.4) is 0 Å². The topological polar surface area (TPSA) is 57.6 Å². The van der Waals surface area contributed by atoms with Crippen molar-refractivity contribution in [2.24, 2.45) is 0 Å². The molecule has 0 spiro atoms. The van der Waals surface area contributed by atoms with Crippen molar-refractivity contribution in [1.29, 1.82) is 0 Å². The van der Waals surface area contributed by atoms with Gasteiger partial charge in [-0.15, -0.1) is 0 Å². The monoisotopic (exact) mass is 143 g/mol. The van der Waals surface area contributed by atoms with Crippen LogP contribution in [-0.2, 0) is 4.79 Å². The van der Waals surface area contributed by atoms with E-state index < -0.39 is 6.09 Å². The summed E-state index contributed by atoms with van der Waals surface area (Å²) in [5, 5.41) is 8.48. The second-order valence-electron chi connectivity index (χ2n) is 2.50. The highest BCUT2D eigenvalue weighted by molar-refractivity contribution is 5.87. The third kappa shape index (κ3) is 1.10. The average Bonchev–Trinajstić information content (AvgIpc) is 2.10. The molecule has 1 aliphatic heterocycles. The Kier molecular flexibility index (Phi) is 1.61. The number of nitrogens with zero attached hydrogens (tertiary/aromatic N) is 1. The minimum absolute atomic E-state index is 0.00917. The number of ketones is 1. The van der Waals surface area contributed by atoms with E-state index in [1.165, 1.54) is 0 Å². The summed E-state index contributed by atoms with van der Waals surface area (Å²) in [5.74, 6) is 0.00917. The van der Waals surface area contributed by atoms with Crippen molar-refractivity contribution >= 4 is 11.9 Å². The van der Waals surface area contributed by atoms with Crippen LogP contribution in [0.1, 0.15) is 13.3 Å². The third-order valence-electron chi connectivity index (χ3n) is 1.65. The molecule has 1 aliphatic rings. The van der Waals surface area contributed by atoms with E-state index in [4.69, 9.17) is 5.11 Å². The molecule has 1 saturated heterocycles. The molecule has 0 saturated carbocycles. The number of hydrogen-bond donors (Lipinski definition) is 1. The summed E-state index contributed by atoms with van der Waals surface area (Å²) in [5.41, 5.74) is 0. The van der Waals surface area contributed by atoms with Crippen molar-refractivity contribution in [3.63, 3.8) is 0 Å². The van der Waals surface area contributed by atoms with Crippen molar-refractivity contribution in [2.45, 2.75) is 19.4 Å². The Labute approximate surface area is 58.4 Å². The van der Waals surface area contributed by atoms with Gasteiger partial charge in [0.25, 0.3) is 0 Å². The smallest absolute Gasteiger partial charge is 0.407 e. The number of Topliss-reactive ketones (excluding diaryl/α,β-unsaturated/α-hetero) is 1. The molecular weight excluding hydrogens is 134 g/mol. The first-order chi connectivity index (χ1) is 4.61. The van der Waals surface area contributed by atoms with E-state index in [0.717, 1.165) is 4.90 Å². The van der Waals surface area contributed by atoms with Gasteiger partial charge in [0.15, 0.2) is 5.78 Å². The van der Waals surface area contributed by atoms with E-state index in [-0.39, 0.29) is 18.4 Å². The number of hydrogen-bond acceptors (Lipinski definition) is 2. The molecular formula is C6H9NO3. The highest BCUT2D eigenvalue weighted by atomic mass is 16.4. The Bertz CT molecular complexity index is 178. The van der Waals surface area contributed by atoms with Crippen molar-refractivity contribution in [1.82, 2.24) is 4.90 Å². The molecule has 1 amide bonds. The summed E-state index contributed by atoms with van der Waals surface area (Å²) in [6.45, 7) is 1.80. The quantitative estimate of drug-likeness (QED) is 0.531. The minimum atomic E-state index is -1.00. The summed E-state index contributed by atoms with van der Waals surface area (Å²) >= 11 is 0. The van der Waals surface area contributed by atoms with Crippen LogP contribution in [0.25, 0.3) is 0 Å². The minimum Gasteiger partial charge on any atom is -0.465 e. The molecule has 1 N–H and O–H groups in total. The van der Waals surface area contributed by atoms with E-state index in [1.807, 2.05) is 0 Å². The highest BCUT2D eigenvalue weighted by Crippen LogP contribution is 2.12. The Hall–Kier alpha value is -1.06. The SMILES string of the molecule is CC1CC(=O)CN1C(=O)O. The summed E-state index contributed by atoms with van der Waals surface area (Å²) in [4.78, 5) is 22.1. The lowest BCUT2D eigenvalue weighted by Gasteiger charge is -2.14. The lowest BCUT2D eigenvalue weighted by atomic mass is 10.2. The maximum atomic E-state index is 10.7. The molecule has 1 atom stereocenters. The molecule has 1 heterocycles. The Morgan fingerprint density at radius 3 is 2.60 bits per heavy atom. The number of carbonyl (C=O) groups excluding carboxylic acids is 1. The van der Waals surface area contributed by atoms with Gasteiger partial charge in [0.1, 0.15) is 0 Å². The zero-order chi connectivity index (χ0) is 7.72. The number of amides is 1. The van der Waals surface area contributed by atoms with Gasteiger partial charge in [0.05, 0.1) is 6.54 Å². The van der Waals surface area contributed by atoms with Gasteiger partial charge in [-0.25, -0.2) is 4.79 Å². The van der Waals surface area contributed by atoms with Gasteiger partial charge in [0.2, 0.25) is 0 Å². The Morgan fingerprint density at radius 2 is 2.40 bits per heavy atom. The Morgan fingerprint density at radius 1 is 1.80 bits per heavy atom. The average molecular weight is 143 g/mol. The molecule has 0 radical (unpaired) electrons. The van der Waals surface area contributed by atoms with Crippen molar-refractivity contribution in [3.8, 4) is 0 Å². The van der Waals surface area contributed by atoms with Crippen LogP contribution < -0.4 is 0 Å². The predicted molar refractivity (Wildman–Crippen MR) is 33.8 cm³/mol. The van der Waals surface area contributed by atoms with E-state index in [2.05, 4.69) is 0 Å². The van der Waals surface area contributed by atoms with Gasteiger partial charge < -0.3 is 5.11 Å². The van der Waals surface area contributed by atoms with Crippen LogP contribution in [0.4, 0.5) is 4.79 Å². The van der Waals surface area contributed by atoms with Gasteiger partial charge in [-0.3, -0.25) is 9.69 Å². The molecule has 10 heavy (non-hydrogen) atoms. The first kappa shape index (κ1) is 7.05. The van der Waals surface area contributed by atoms with Crippen LogP contribution in [0.15, 0.2) is 0 Å². The summed E-state index contributed by atoms with van der Waals surface area (Å²) in [7, 11) is 0. The maximum absolute atomic E-state index is 10.7. The van der Waals surface area contributed by atoms with Crippen LogP contribution in [0.5, 0.6) is 0 Å². The number of carboxylic acid groups (broad SMARTS) is 1. The normalized spacial score (nSPS) is 25.5. The standard InChI is InChI=1S/C6H9NO3/c1-4-2-5(8)3-7(4)6(9)10/h4H,2-3H2,1H3,(H,9,10). The van der Waals surface area contributed by atoms with Crippen molar-refractivity contribution < 1.29 is 14.7 Å². The Balaban J connectivity index is 2.63. The van der Waals surface area contributed by atoms with Gasteiger partial charge in [0, 0.05) is 12.5 Å². The van der Waals surface area contributed by atoms with E-state index in [9.17, 15) is 9.59 Å². The van der Waals surface area contributed by atoms with Gasteiger partial charge in [-0.2, -0.15) is 0 Å². The van der Waals surface area contributed by atoms with Crippen molar-refractivity contribution in [2.75, 3.05) is 6.54 Å². The van der Waals surface area contributed by atoms with Crippen LogP contribution >= 0.6 is 0 Å². The van der Waals surface area contributed by atoms with E-state index in [1.54, 1.807) is 6.92 Å². The van der Waals surface area contributed by atoms with Gasteiger partial charge in [-0.1, -0.05) is 0 Å². The second-order valence-corrected chi connectivity index (χ2v) is 2.50. The molecule has 0 aromatic heterocycles. The first-order valence-corrected chi connectivity index (χ1v) is 3.12. The zero-order valence-corrected chi connectivity index (χ0v) is 5.70. The number of rotatable bonds is 0. The summed E-state index contributed by atoms with van der Waals surface area (Å²) < 4.78 is 0. The molecule has 1 rings (SSSR count). The molecule has 0 bridgehead atoms. The molecule has 4 heteroatoms. The molecule has 0 aromatic rings.